The van der Waals surface area contributed by atoms with Crippen LogP contribution in [0.5, 0.6) is 0 Å². The van der Waals surface area contributed by atoms with E-state index >= 15 is 0 Å². The van der Waals surface area contributed by atoms with Crippen molar-refractivity contribution in [2.24, 2.45) is 0 Å². The molecule has 2 aliphatic rings. The molecule has 174 valence electrons. The summed E-state index contributed by atoms with van der Waals surface area (Å²) >= 11 is 0. The highest BCUT2D eigenvalue weighted by atomic mass is 16.1. The van der Waals surface area contributed by atoms with Crippen molar-refractivity contribution in [1.29, 1.82) is 5.41 Å². The van der Waals surface area contributed by atoms with Crippen LogP contribution in [0.15, 0.2) is 35.3 Å². The third kappa shape index (κ3) is 4.31. The Balaban J connectivity index is 1.55. The van der Waals surface area contributed by atoms with Crippen LogP contribution in [0.2, 0.25) is 0 Å². The molecule has 0 radical (unpaired) electrons. The molecule has 1 saturated heterocycles. The fourth-order valence-electron chi connectivity index (χ4n) is 5.32. The molecule has 2 fully saturated rings. The highest BCUT2D eigenvalue weighted by molar-refractivity contribution is 5.96. The Hall–Kier alpha value is -3.00. The van der Waals surface area contributed by atoms with Crippen molar-refractivity contribution in [2.75, 3.05) is 26.2 Å². The van der Waals surface area contributed by atoms with Crippen molar-refractivity contribution < 1.29 is 4.79 Å². The molecule has 5 rings (SSSR count). The van der Waals surface area contributed by atoms with Crippen LogP contribution in [0.4, 0.5) is 0 Å². The van der Waals surface area contributed by atoms with Crippen molar-refractivity contribution in [3.8, 4) is 0 Å². The average molecular weight is 449 g/mol. The molecule has 3 aromatic heterocycles. The van der Waals surface area contributed by atoms with E-state index in [1.807, 2.05) is 10.6 Å². The lowest BCUT2D eigenvalue weighted by molar-refractivity contribution is 0.0943. The summed E-state index contributed by atoms with van der Waals surface area (Å²) in [5, 5.41) is 12.3. The fourth-order valence-corrected chi connectivity index (χ4v) is 5.32. The van der Waals surface area contributed by atoms with Crippen molar-refractivity contribution in [2.45, 2.75) is 57.4 Å². The van der Waals surface area contributed by atoms with E-state index in [9.17, 15) is 9.59 Å². The molecular formula is C25H32N6O2. The van der Waals surface area contributed by atoms with E-state index in [2.05, 4.69) is 10.2 Å². The van der Waals surface area contributed by atoms with E-state index in [-0.39, 0.29) is 28.6 Å². The zero-order valence-corrected chi connectivity index (χ0v) is 19.1. The number of hydrogen-bond acceptors (Lipinski definition) is 5. The second-order valence-corrected chi connectivity index (χ2v) is 9.31. The molecule has 0 aromatic carbocycles. The second kappa shape index (κ2) is 9.47. The van der Waals surface area contributed by atoms with Crippen LogP contribution >= 0.6 is 0 Å². The summed E-state index contributed by atoms with van der Waals surface area (Å²) in [7, 11) is 0. The molecule has 1 saturated carbocycles. The molecule has 8 heteroatoms. The smallest absolute Gasteiger partial charge is 0.267 e. The first-order valence-electron chi connectivity index (χ1n) is 12.3. The highest BCUT2D eigenvalue weighted by Gasteiger charge is 2.23. The summed E-state index contributed by atoms with van der Waals surface area (Å²) in [5.41, 5.74) is 1.26. The fraction of sp³-hybridized carbons (Fsp3) is 0.520. The van der Waals surface area contributed by atoms with Crippen molar-refractivity contribution in [3.63, 3.8) is 0 Å². The predicted octanol–water partition coefficient (Wildman–Crippen LogP) is 2.85. The van der Waals surface area contributed by atoms with Crippen molar-refractivity contribution in [1.82, 2.24) is 24.2 Å². The van der Waals surface area contributed by atoms with Crippen LogP contribution in [-0.4, -0.2) is 50.9 Å². The molecule has 1 aliphatic heterocycles. The largest absolute Gasteiger partial charge is 0.351 e. The third-order valence-electron chi connectivity index (χ3n) is 7.11. The molecule has 8 nitrogen and oxygen atoms in total. The van der Waals surface area contributed by atoms with Crippen LogP contribution < -0.4 is 16.4 Å². The van der Waals surface area contributed by atoms with Gasteiger partial charge >= 0.3 is 0 Å². The van der Waals surface area contributed by atoms with Crippen LogP contribution in [0.3, 0.4) is 0 Å². The molecule has 3 aromatic rings. The third-order valence-corrected chi connectivity index (χ3v) is 7.11. The quantitative estimate of drug-likeness (QED) is 0.587. The van der Waals surface area contributed by atoms with E-state index in [0.717, 1.165) is 45.3 Å². The SMILES string of the molecule is N=c1c(C(=O)NCCN2CCCCC2)cc2c(=O)n3ccccc3nc2n1C1CCCCC1. The van der Waals surface area contributed by atoms with Gasteiger partial charge in [-0.3, -0.25) is 19.4 Å². The first-order chi connectivity index (χ1) is 16.1. The number of likely N-dealkylation sites (tertiary alicyclic amines) is 1. The zero-order valence-electron chi connectivity index (χ0n) is 19.1. The topological polar surface area (TPSA) is 95.5 Å². The number of hydrogen-bond donors (Lipinski definition) is 2. The lowest BCUT2D eigenvalue weighted by Crippen LogP contribution is -2.40. The number of aromatic nitrogens is 3. The Morgan fingerprint density at radius 3 is 2.64 bits per heavy atom. The predicted molar refractivity (Wildman–Crippen MR) is 128 cm³/mol. The molecule has 0 bridgehead atoms. The van der Waals surface area contributed by atoms with Crippen LogP contribution in [-0.2, 0) is 0 Å². The van der Waals surface area contributed by atoms with E-state index < -0.39 is 0 Å². The van der Waals surface area contributed by atoms with Crippen molar-refractivity contribution in [3.05, 3.63) is 51.9 Å². The van der Waals surface area contributed by atoms with Gasteiger partial charge in [0.25, 0.3) is 11.5 Å². The number of rotatable bonds is 5. The molecule has 33 heavy (non-hydrogen) atoms. The van der Waals surface area contributed by atoms with Gasteiger partial charge in [-0.15, -0.1) is 0 Å². The molecular weight excluding hydrogens is 416 g/mol. The summed E-state index contributed by atoms with van der Waals surface area (Å²) in [6, 6.07) is 7.10. The Morgan fingerprint density at radius 2 is 1.85 bits per heavy atom. The van der Waals surface area contributed by atoms with Crippen LogP contribution in [0.1, 0.15) is 67.8 Å². The van der Waals surface area contributed by atoms with Gasteiger partial charge in [0.1, 0.15) is 16.8 Å². The lowest BCUT2D eigenvalue weighted by Gasteiger charge is -2.27. The molecule has 2 N–H and O–H groups in total. The molecule has 0 spiro atoms. The molecule has 0 unspecified atom stereocenters. The Morgan fingerprint density at radius 1 is 1.09 bits per heavy atom. The van der Waals surface area contributed by atoms with E-state index in [1.165, 1.54) is 30.1 Å². The summed E-state index contributed by atoms with van der Waals surface area (Å²) in [6.07, 6.45) is 10.6. The summed E-state index contributed by atoms with van der Waals surface area (Å²) in [4.78, 5) is 33.6. The number of piperidine rings is 1. The van der Waals surface area contributed by atoms with Crippen LogP contribution in [0, 0.1) is 5.41 Å². The Kier molecular flexibility index (Phi) is 6.26. The van der Waals surface area contributed by atoms with Gasteiger partial charge in [0.2, 0.25) is 0 Å². The molecule has 1 amide bonds. The summed E-state index contributed by atoms with van der Waals surface area (Å²) in [6.45, 7) is 3.50. The number of nitrogens with one attached hydrogen (secondary N) is 2. The maximum absolute atomic E-state index is 13.3. The number of fused-ring (bicyclic) bond motifs is 2. The summed E-state index contributed by atoms with van der Waals surface area (Å²) in [5.74, 6) is -0.291. The Bertz CT molecular complexity index is 1280. The van der Waals surface area contributed by atoms with Crippen molar-refractivity contribution >= 4 is 22.6 Å². The summed E-state index contributed by atoms with van der Waals surface area (Å²) < 4.78 is 3.36. The van der Waals surface area contributed by atoms with Gasteiger partial charge in [0.15, 0.2) is 0 Å². The second-order valence-electron chi connectivity index (χ2n) is 9.31. The van der Waals surface area contributed by atoms with Gasteiger partial charge in [-0.1, -0.05) is 31.7 Å². The van der Waals surface area contributed by atoms with E-state index in [0.29, 0.717) is 23.2 Å². The number of carbonyl (C=O) groups excluding carboxylic acids is 1. The van der Waals surface area contributed by atoms with Gasteiger partial charge in [0, 0.05) is 25.3 Å². The first-order valence-corrected chi connectivity index (χ1v) is 12.3. The van der Waals surface area contributed by atoms with Gasteiger partial charge in [0.05, 0.1) is 10.9 Å². The van der Waals surface area contributed by atoms with Gasteiger partial charge in [-0.05, 0) is 57.0 Å². The van der Waals surface area contributed by atoms with Gasteiger partial charge in [-0.25, -0.2) is 4.98 Å². The minimum absolute atomic E-state index is 0.0768. The van der Waals surface area contributed by atoms with E-state index in [1.54, 1.807) is 24.4 Å². The van der Waals surface area contributed by atoms with Crippen LogP contribution in [0.25, 0.3) is 16.7 Å². The minimum atomic E-state index is -0.291. The van der Waals surface area contributed by atoms with Gasteiger partial charge in [-0.2, -0.15) is 0 Å². The molecule has 1 aliphatic carbocycles. The standard InChI is InChI=1S/C25H32N6O2/c26-22-19(24(32)27-12-16-29-13-6-2-7-14-29)17-20-23(31(22)18-9-3-1-4-10-18)28-21-11-5-8-15-30(21)25(20)33/h5,8,11,15,17-18,26H,1-4,6-7,9-10,12-14,16H2,(H,27,32). The maximum atomic E-state index is 13.3. The molecule has 0 atom stereocenters. The van der Waals surface area contributed by atoms with Gasteiger partial charge < -0.3 is 14.8 Å². The lowest BCUT2D eigenvalue weighted by atomic mass is 9.94. The zero-order chi connectivity index (χ0) is 22.8. The Labute approximate surface area is 192 Å². The minimum Gasteiger partial charge on any atom is -0.351 e. The normalized spacial score (nSPS) is 18.1. The first kappa shape index (κ1) is 21.8. The maximum Gasteiger partial charge on any atom is 0.267 e. The number of nitrogens with zero attached hydrogens (tertiary/aromatic N) is 4. The average Bonchev–Trinajstić information content (AvgIpc) is 2.85. The number of pyridine rings is 2. The molecule has 4 heterocycles. The number of amides is 1. The highest BCUT2D eigenvalue weighted by Crippen LogP contribution is 2.29. The monoisotopic (exact) mass is 448 g/mol. The number of carbonyl (C=O) groups is 1. The van der Waals surface area contributed by atoms with E-state index in [4.69, 9.17) is 10.4 Å².